The lowest BCUT2D eigenvalue weighted by molar-refractivity contribution is 0.0235. The lowest BCUT2D eigenvalue weighted by Crippen LogP contribution is -2.25. The largest absolute Gasteiger partial charge is 0.349 e. The van der Waals surface area contributed by atoms with E-state index in [9.17, 15) is 35.1 Å². The first-order valence-corrected chi connectivity index (χ1v) is 17.9. The Morgan fingerprint density at radius 1 is 0.661 bits per heavy atom. The molecule has 4 aromatic heterocycles. The SMILES string of the molecule is Cl.FC1(F)CCNC1.Fc1cc2nc(-c3cnnc(Cl)c3)n(C3CC3)c2cc1F.Fc1cc2nc(-c3cnnc(N4CCC(F)(F)C4)c3)n(C3CC3)c2cc1F. The van der Waals surface area contributed by atoms with E-state index in [1.165, 1.54) is 17.2 Å². The van der Waals surface area contributed by atoms with Crippen LogP contribution in [0.1, 0.15) is 50.6 Å². The summed E-state index contributed by atoms with van der Waals surface area (Å²) in [6.07, 6.45) is 6.63. The third kappa shape index (κ3) is 8.37. The van der Waals surface area contributed by atoms with Gasteiger partial charge in [0.15, 0.2) is 34.2 Å². The second kappa shape index (κ2) is 15.3. The summed E-state index contributed by atoms with van der Waals surface area (Å²) in [5, 5.41) is 18.2. The van der Waals surface area contributed by atoms with Crippen LogP contribution in [0, 0.1) is 23.3 Å². The Morgan fingerprint density at radius 2 is 1.18 bits per heavy atom. The van der Waals surface area contributed by atoms with E-state index in [0.29, 0.717) is 57.2 Å². The maximum atomic E-state index is 13.7. The minimum Gasteiger partial charge on any atom is -0.349 e. The van der Waals surface area contributed by atoms with Crippen LogP contribution in [0.25, 0.3) is 44.8 Å². The molecule has 2 aromatic carbocycles. The molecule has 56 heavy (non-hydrogen) atoms. The van der Waals surface area contributed by atoms with Crippen LogP contribution in [0.3, 0.4) is 0 Å². The summed E-state index contributed by atoms with van der Waals surface area (Å²) in [5.74, 6) is -7.35. The number of alkyl halides is 4. The first-order valence-electron chi connectivity index (χ1n) is 17.5. The number of aromatic nitrogens is 8. The summed E-state index contributed by atoms with van der Waals surface area (Å²) in [6.45, 7) is 0.126. The lowest BCUT2D eigenvalue weighted by atomic mass is 10.2. The Hall–Kier alpha value is -4.68. The van der Waals surface area contributed by atoms with Crippen LogP contribution in [-0.4, -0.2) is 77.5 Å². The molecule has 0 bridgehead atoms. The zero-order valence-electron chi connectivity index (χ0n) is 29.2. The van der Waals surface area contributed by atoms with E-state index in [4.69, 9.17) is 11.6 Å². The summed E-state index contributed by atoms with van der Waals surface area (Å²) in [4.78, 5) is 10.4. The number of hydrogen-bond acceptors (Lipinski definition) is 8. The molecule has 0 spiro atoms. The van der Waals surface area contributed by atoms with Gasteiger partial charge in [-0.05, 0) is 37.8 Å². The summed E-state index contributed by atoms with van der Waals surface area (Å²) in [5.41, 5.74) is 3.13. The van der Waals surface area contributed by atoms with Crippen LogP contribution in [0.15, 0.2) is 48.8 Å². The van der Waals surface area contributed by atoms with Crippen molar-refractivity contribution in [3.63, 3.8) is 0 Å². The average molecular weight is 828 g/mol. The van der Waals surface area contributed by atoms with Crippen molar-refractivity contribution in [3.05, 3.63) is 77.2 Å². The normalized spacial score (nSPS) is 18.3. The van der Waals surface area contributed by atoms with Crippen molar-refractivity contribution in [1.29, 1.82) is 0 Å². The predicted molar refractivity (Wildman–Crippen MR) is 194 cm³/mol. The Morgan fingerprint density at radius 3 is 1.61 bits per heavy atom. The summed E-state index contributed by atoms with van der Waals surface area (Å²) in [6, 6.07) is 8.23. The standard InChI is InChI=1S/C18H15F4N5.C14H9ClF2N4.C4H7F2N.ClH/c19-12-6-14-15(7-13(12)20)27(11-1-2-11)17(24-14)10-5-16(25-23-8-10)26-4-3-18(21,22)9-26;15-13-3-7(6-18-20-13)14-19-11-4-9(16)10(17)5-12(11)21(14)8-1-2-8;5-4(6)1-2-7-3-4;/h5-8,11H,1-4,9H2;3-6,8H,1-2H2;7H,1-3H2;1H. The van der Waals surface area contributed by atoms with Crippen molar-refractivity contribution in [2.24, 2.45) is 0 Å². The highest BCUT2D eigenvalue weighted by atomic mass is 35.5. The van der Waals surface area contributed by atoms with Gasteiger partial charge in [0, 0.05) is 73.4 Å². The number of halogens is 10. The van der Waals surface area contributed by atoms with E-state index in [1.54, 1.807) is 18.3 Å². The van der Waals surface area contributed by atoms with Gasteiger partial charge in [0.2, 0.25) is 0 Å². The number of benzene rings is 2. The maximum absolute atomic E-state index is 13.7. The molecule has 2 saturated heterocycles. The van der Waals surface area contributed by atoms with Crippen molar-refractivity contribution >= 4 is 51.9 Å². The minimum atomic E-state index is -2.74. The second-order valence-electron chi connectivity index (χ2n) is 14.0. The molecule has 296 valence electrons. The topological polar surface area (TPSA) is 102 Å². The van der Waals surface area contributed by atoms with Crippen LogP contribution >= 0.6 is 24.0 Å². The van der Waals surface area contributed by atoms with Crippen LogP contribution < -0.4 is 10.2 Å². The van der Waals surface area contributed by atoms with Crippen LogP contribution in [-0.2, 0) is 0 Å². The van der Waals surface area contributed by atoms with Crippen molar-refractivity contribution in [2.45, 2.75) is 62.5 Å². The smallest absolute Gasteiger partial charge is 0.266 e. The van der Waals surface area contributed by atoms with Crippen molar-refractivity contribution in [3.8, 4) is 22.8 Å². The van der Waals surface area contributed by atoms with E-state index < -0.39 is 41.7 Å². The molecule has 2 aliphatic carbocycles. The molecule has 10 nitrogen and oxygen atoms in total. The number of nitrogens with one attached hydrogen (secondary N) is 1. The van der Waals surface area contributed by atoms with E-state index >= 15 is 0 Å². The van der Waals surface area contributed by atoms with Crippen LogP contribution in [0.5, 0.6) is 0 Å². The number of imidazole rings is 2. The van der Waals surface area contributed by atoms with Gasteiger partial charge < -0.3 is 19.4 Å². The van der Waals surface area contributed by atoms with Gasteiger partial charge in [0.1, 0.15) is 11.6 Å². The summed E-state index contributed by atoms with van der Waals surface area (Å²) in [7, 11) is 0. The highest BCUT2D eigenvalue weighted by molar-refractivity contribution is 6.29. The average Bonchev–Trinajstić information content (AvgIpc) is 4.03. The van der Waals surface area contributed by atoms with Crippen LogP contribution in [0.2, 0.25) is 5.15 Å². The number of nitrogens with zero attached hydrogens (tertiary/aromatic N) is 9. The van der Waals surface area contributed by atoms with Gasteiger partial charge in [0.05, 0.1) is 47.6 Å². The molecule has 0 atom stereocenters. The molecule has 20 heteroatoms. The number of anilines is 1. The molecular weight excluding hydrogens is 795 g/mol. The summed E-state index contributed by atoms with van der Waals surface area (Å²) < 4.78 is 109. The van der Waals surface area contributed by atoms with Gasteiger partial charge >= 0.3 is 0 Å². The third-order valence-corrected chi connectivity index (χ3v) is 9.80. The molecule has 0 radical (unpaired) electrons. The summed E-state index contributed by atoms with van der Waals surface area (Å²) >= 11 is 5.86. The van der Waals surface area contributed by atoms with Crippen molar-refractivity contribution in [2.75, 3.05) is 31.1 Å². The van der Waals surface area contributed by atoms with Gasteiger partial charge in [-0.25, -0.2) is 45.1 Å². The quantitative estimate of drug-likeness (QED) is 0.172. The van der Waals surface area contributed by atoms with Gasteiger partial charge in [-0.3, -0.25) is 0 Å². The lowest BCUT2D eigenvalue weighted by Gasteiger charge is -2.17. The van der Waals surface area contributed by atoms with Gasteiger partial charge in [-0.1, -0.05) is 11.6 Å². The van der Waals surface area contributed by atoms with E-state index in [-0.39, 0.29) is 55.6 Å². The third-order valence-electron chi connectivity index (χ3n) is 9.61. The number of hydrogen-bond donors (Lipinski definition) is 1. The first-order chi connectivity index (χ1) is 26.2. The molecule has 1 N–H and O–H groups in total. The van der Waals surface area contributed by atoms with E-state index in [2.05, 4.69) is 35.7 Å². The fourth-order valence-corrected chi connectivity index (χ4v) is 6.81. The maximum Gasteiger partial charge on any atom is 0.266 e. The van der Waals surface area contributed by atoms with E-state index in [0.717, 1.165) is 43.9 Å². The highest BCUT2D eigenvalue weighted by Gasteiger charge is 2.39. The van der Waals surface area contributed by atoms with E-state index in [1.807, 2.05) is 9.13 Å². The molecule has 0 amide bonds. The monoisotopic (exact) mass is 826 g/mol. The zero-order valence-corrected chi connectivity index (χ0v) is 30.8. The molecule has 2 aliphatic heterocycles. The zero-order chi connectivity index (χ0) is 38.6. The van der Waals surface area contributed by atoms with Crippen molar-refractivity contribution < 1.29 is 35.1 Å². The Balaban J connectivity index is 0.000000147. The molecule has 6 aromatic rings. The second-order valence-corrected chi connectivity index (χ2v) is 14.4. The molecule has 0 unspecified atom stereocenters. The molecular formula is C36H32Cl2F8N10. The predicted octanol–water partition coefficient (Wildman–Crippen LogP) is 8.75. The fraction of sp³-hybridized carbons (Fsp3) is 0.389. The Bertz CT molecular complexity index is 2390. The highest BCUT2D eigenvalue weighted by Crippen LogP contribution is 2.43. The Kier molecular flexibility index (Phi) is 10.8. The molecule has 6 heterocycles. The first kappa shape index (κ1) is 39.6. The van der Waals surface area contributed by atoms with Gasteiger partial charge in [0.25, 0.3) is 11.8 Å². The van der Waals surface area contributed by atoms with Gasteiger partial charge in [-0.15, -0.1) is 22.6 Å². The minimum absolute atomic E-state index is 0. The Labute approximate surface area is 324 Å². The molecule has 2 saturated carbocycles. The fourth-order valence-electron chi connectivity index (χ4n) is 6.65. The van der Waals surface area contributed by atoms with Crippen LogP contribution in [0.4, 0.5) is 40.9 Å². The molecule has 4 aliphatic rings. The van der Waals surface area contributed by atoms with Crippen molar-refractivity contribution in [1.82, 2.24) is 44.8 Å². The number of fused-ring (bicyclic) bond motifs is 2. The van der Waals surface area contributed by atoms with Gasteiger partial charge in [-0.2, -0.15) is 10.2 Å². The molecule has 4 fully saturated rings. The number of rotatable bonds is 5. The molecule has 10 rings (SSSR count).